The predicted octanol–water partition coefficient (Wildman–Crippen LogP) is 2.50. The van der Waals surface area contributed by atoms with E-state index >= 15 is 0 Å². The van der Waals surface area contributed by atoms with Crippen molar-refractivity contribution in [3.05, 3.63) is 60.2 Å². The van der Waals surface area contributed by atoms with Crippen molar-refractivity contribution in [3.8, 4) is 5.75 Å². The van der Waals surface area contributed by atoms with Gasteiger partial charge in [-0.2, -0.15) is 0 Å². The third-order valence-electron chi connectivity index (χ3n) is 3.18. The minimum absolute atomic E-state index is 0.100. The molecular formula is C17H19NO5S2. The van der Waals surface area contributed by atoms with E-state index in [1.807, 2.05) is 6.92 Å². The number of carboxylic acid groups (broad SMARTS) is 1. The summed E-state index contributed by atoms with van der Waals surface area (Å²) in [5.74, 6) is -0.410. The molecule has 1 unspecified atom stereocenters. The summed E-state index contributed by atoms with van der Waals surface area (Å²) in [6, 6.07) is 15.1. The van der Waals surface area contributed by atoms with Crippen LogP contribution in [0.15, 0.2) is 59.5 Å². The average molecular weight is 381 g/mol. The number of benzene rings is 2. The van der Waals surface area contributed by atoms with Gasteiger partial charge in [-0.05, 0) is 31.2 Å². The van der Waals surface area contributed by atoms with E-state index in [2.05, 4.69) is 4.72 Å². The van der Waals surface area contributed by atoms with Crippen molar-refractivity contribution in [2.75, 3.05) is 12.3 Å². The molecule has 2 rings (SSSR count). The highest BCUT2D eigenvalue weighted by molar-refractivity contribution is 8.00. The Hall–Kier alpha value is -2.03. The molecule has 0 spiro atoms. The molecule has 0 saturated carbocycles. The Balaban J connectivity index is 1.85. The van der Waals surface area contributed by atoms with Crippen LogP contribution in [0.25, 0.3) is 0 Å². The highest BCUT2D eigenvalue weighted by atomic mass is 32.2. The first-order chi connectivity index (χ1) is 11.9. The maximum absolute atomic E-state index is 12.1. The number of aliphatic carboxylic acids is 1. The lowest BCUT2D eigenvalue weighted by atomic mass is 10.2. The zero-order valence-electron chi connectivity index (χ0n) is 13.6. The van der Waals surface area contributed by atoms with E-state index in [0.29, 0.717) is 5.75 Å². The van der Waals surface area contributed by atoms with E-state index in [0.717, 1.165) is 17.3 Å². The number of para-hydroxylation sites is 1. The van der Waals surface area contributed by atoms with Crippen molar-refractivity contribution in [1.29, 1.82) is 0 Å². The first-order valence-corrected chi connectivity index (χ1v) is 10.0. The Morgan fingerprint density at radius 3 is 2.40 bits per heavy atom. The average Bonchev–Trinajstić information content (AvgIpc) is 2.58. The quantitative estimate of drug-likeness (QED) is 0.512. The van der Waals surface area contributed by atoms with E-state index in [-0.39, 0.29) is 17.2 Å². The number of aryl methyl sites for hydroxylation is 1. The molecule has 0 saturated heterocycles. The summed E-state index contributed by atoms with van der Waals surface area (Å²) < 4.78 is 32.1. The molecule has 0 aromatic heterocycles. The van der Waals surface area contributed by atoms with Crippen LogP contribution < -0.4 is 9.46 Å². The Bertz CT molecular complexity index is 792. The molecule has 0 radical (unpaired) electrons. The minimum atomic E-state index is -3.61. The van der Waals surface area contributed by atoms with Gasteiger partial charge in [0.25, 0.3) is 0 Å². The molecule has 0 amide bonds. The Kier molecular flexibility index (Phi) is 6.86. The van der Waals surface area contributed by atoms with Crippen LogP contribution in [0.3, 0.4) is 0 Å². The van der Waals surface area contributed by atoms with Crippen LogP contribution in [0.4, 0.5) is 0 Å². The van der Waals surface area contributed by atoms with Gasteiger partial charge >= 0.3 is 5.97 Å². The molecule has 1 atom stereocenters. The fraction of sp³-hybridized carbons (Fsp3) is 0.235. The summed E-state index contributed by atoms with van der Waals surface area (Å²) in [6.07, 6.45) is 0. The highest BCUT2D eigenvalue weighted by Gasteiger charge is 2.20. The highest BCUT2D eigenvalue weighted by Crippen LogP contribution is 2.18. The largest absolute Gasteiger partial charge is 0.478 e. The zero-order chi connectivity index (χ0) is 18.3. The summed E-state index contributed by atoms with van der Waals surface area (Å²) >= 11 is 1.01. The van der Waals surface area contributed by atoms with Crippen LogP contribution in [0.1, 0.15) is 5.56 Å². The first kappa shape index (κ1) is 19.3. The van der Waals surface area contributed by atoms with Gasteiger partial charge in [0.15, 0.2) is 0 Å². The van der Waals surface area contributed by atoms with Gasteiger partial charge in [0.2, 0.25) is 15.5 Å². The van der Waals surface area contributed by atoms with Crippen LogP contribution in [-0.4, -0.2) is 37.2 Å². The molecule has 0 bridgehead atoms. The molecule has 134 valence electrons. The topological polar surface area (TPSA) is 92.7 Å². The van der Waals surface area contributed by atoms with Crippen LogP contribution >= 0.6 is 11.8 Å². The van der Waals surface area contributed by atoms with E-state index in [1.54, 1.807) is 42.5 Å². The number of sulfonamides is 1. The van der Waals surface area contributed by atoms with Crippen molar-refractivity contribution in [2.24, 2.45) is 0 Å². The second-order valence-corrected chi connectivity index (χ2v) is 8.12. The van der Waals surface area contributed by atoms with E-state index in [1.165, 1.54) is 12.1 Å². The molecule has 6 nitrogen and oxygen atoms in total. The van der Waals surface area contributed by atoms with Crippen molar-refractivity contribution in [3.63, 3.8) is 0 Å². The maximum atomic E-state index is 12.1. The lowest BCUT2D eigenvalue weighted by Gasteiger charge is -2.14. The maximum Gasteiger partial charge on any atom is 0.355 e. The second kappa shape index (κ2) is 8.89. The van der Waals surface area contributed by atoms with Gasteiger partial charge in [-0.15, -0.1) is 11.8 Å². The summed E-state index contributed by atoms with van der Waals surface area (Å²) in [4.78, 5) is 11.4. The van der Waals surface area contributed by atoms with Gasteiger partial charge in [-0.25, -0.2) is 17.9 Å². The van der Waals surface area contributed by atoms with Crippen molar-refractivity contribution in [1.82, 2.24) is 4.72 Å². The van der Waals surface area contributed by atoms with E-state index in [9.17, 15) is 18.3 Å². The zero-order valence-corrected chi connectivity index (χ0v) is 15.2. The lowest BCUT2D eigenvalue weighted by Crippen LogP contribution is -2.29. The second-order valence-electron chi connectivity index (χ2n) is 5.18. The summed E-state index contributed by atoms with van der Waals surface area (Å²) in [5, 5.41) is 9.21. The van der Waals surface area contributed by atoms with Crippen molar-refractivity contribution in [2.45, 2.75) is 17.3 Å². The molecule has 0 aliphatic rings. The molecule has 0 fully saturated rings. The third kappa shape index (κ3) is 6.08. The van der Waals surface area contributed by atoms with Crippen LogP contribution in [0.5, 0.6) is 5.75 Å². The molecule has 8 heteroatoms. The number of carboxylic acids is 1. The fourth-order valence-electron chi connectivity index (χ4n) is 1.92. The van der Waals surface area contributed by atoms with Crippen LogP contribution in [0.2, 0.25) is 0 Å². The molecule has 25 heavy (non-hydrogen) atoms. The van der Waals surface area contributed by atoms with Crippen LogP contribution in [0, 0.1) is 6.92 Å². The van der Waals surface area contributed by atoms with Crippen molar-refractivity contribution >= 4 is 27.8 Å². The number of hydrogen-bond acceptors (Lipinski definition) is 5. The van der Waals surface area contributed by atoms with Crippen LogP contribution in [-0.2, 0) is 14.8 Å². The van der Waals surface area contributed by atoms with Gasteiger partial charge in [0.1, 0.15) is 5.75 Å². The minimum Gasteiger partial charge on any atom is -0.478 e. The van der Waals surface area contributed by atoms with Gasteiger partial charge in [0, 0.05) is 12.3 Å². The Labute approximate surface area is 151 Å². The number of ether oxygens (including phenoxy) is 1. The fourth-order valence-corrected chi connectivity index (χ4v) is 3.84. The molecule has 0 aliphatic heterocycles. The Morgan fingerprint density at radius 2 is 1.80 bits per heavy atom. The molecule has 2 aromatic rings. The molecule has 0 heterocycles. The summed E-state index contributed by atoms with van der Waals surface area (Å²) in [5.41, 5.74) is -0.136. The third-order valence-corrected chi connectivity index (χ3v) is 5.70. The van der Waals surface area contributed by atoms with Gasteiger partial charge in [-0.1, -0.05) is 35.9 Å². The van der Waals surface area contributed by atoms with Gasteiger partial charge in [0.05, 0.1) is 4.90 Å². The van der Waals surface area contributed by atoms with Gasteiger partial charge < -0.3 is 9.84 Å². The molecule has 2 aromatic carbocycles. The summed E-state index contributed by atoms with van der Waals surface area (Å²) in [6.45, 7) is 1.97. The SMILES string of the molecule is Cc1ccc(S(=O)(=O)NCCSC(Oc2ccccc2)C(=O)O)cc1. The molecular weight excluding hydrogens is 362 g/mol. The Morgan fingerprint density at radius 1 is 1.16 bits per heavy atom. The molecule has 0 aliphatic carbocycles. The number of hydrogen-bond donors (Lipinski definition) is 2. The summed E-state index contributed by atoms with van der Waals surface area (Å²) in [7, 11) is -3.61. The molecule has 2 N–H and O–H groups in total. The standard InChI is InChI=1S/C17H19NO5S2/c1-13-7-9-15(10-8-13)25(21,22)18-11-12-24-17(16(19)20)23-14-5-3-2-4-6-14/h2-10,17-18H,11-12H2,1H3,(H,19,20). The number of nitrogens with one attached hydrogen (secondary N) is 1. The number of carbonyl (C=O) groups is 1. The van der Waals surface area contributed by atoms with Gasteiger partial charge in [-0.3, -0.25) is 0 Å². The smallest absolute Gasteiger partial charge is 0.355 e. The van der Waals surface area contributed by atoms with Crippen molar-refractivity contribution < 1.29 is 23.1 Å². The lowest BCUT2D eigenvalue weighted by molar-refractivity contribution is -0.140. The monoisotopic (exact) mass is 381 g/mol. The number of rotatable bonds is 9. The van der Waals surface area contributed by atoms with E-state index in [4.69, 9.17) is 4.74 Å². The normalized spacial score (nSPS) is 12.5. The first-order valence-electron chi connectivity index (χ1n) is 7.51. The number of thioether (sulfide) groups is 1. The van der Waals surface area contributed by atoms with E-state index < -0.39 is 21.4 Å². The predicted molar refractivity (Wildman–Crippen MR) is 97.3 cm³/mol.